The zero-order valence-electron chi connectivity index (χ0n) is 13.3. The van der Waals surface area contributed by atoms with E-state index in [9.17, 15) is 25.2 Å². The van der Waals surface area contributed by atoms with Gasteiger partial charge >= 0.3 is 0 Å². The molecule has 1 fully saturated rings. The Morgan fingerprint density at radius 2 is 1.87 bits per heavy atom. The first-order valence-corrected chi connectivity index (χ1v) is 7.75. The second kappa shape index (κ2) is 9.48. The number of carbonyl (C=O) groups is 1. The van der Waals surface area contributed by atoms with Crippen LogP contribution < -0.4 is 5.32 Å². The Labute approximate surface area is 134 Å². The van der Waals surface area contributed by atoms with Crippen molar-refractivity contribution in [1.29, 1.82) is 0 Å². The topological polar surface area (TPSA) is 149 Å². The minimum absolute atomic E-state index is 0.163. The molecule has 0 radical (unpaired) electrons. The van der Waals surface area contributed by atoms with E-state index in [1.54, 1.807) is 13.8 Å². The molecule has 9 heteroatoms. The molecule has 7 atom stereocenters. The summed E-state index contributed by atoms with van der Waals surface area (Å²) in [5.41, 5.74) is 0. The SMILES string of the molecule is CCC(=O)N[C@@H](CO[C@H]1OC(CO)[C@H](O)[C@H](O)C1O)[C@H](O)CC. The minimum atomic E-state index is -1.54. The fourth-order valence-electron chi connectivity index (χ4n) is 2.25. The first-order chi connectivity index (χ1) is 10.8. The predicted octanol–water partition coefficient (Wildman–Crippen LogP) is -2.53. The Morgan fingerprint density at radius 3 is 2.39 bits per heavy atom. The van der Waals surface area contributed by atoms with Gasteiger partial charge in [-0.05, 0) is 6.42 Å². The first kappa shape index (κ1) is 20.2. The molecule has 2 unspecified atom stereocenters. The van der Waals surface area contributed by atoms with E-state index < -0.39 is 49.5 Å². The fraction of sp³-hybridized carbons (Fsp3) is 0.929. The Morgan fingerprint density at radius 1 is 1.22 bits per heavy atom. The van der Waals surface area contributed by atoms with Gasteiger partial charge in [0.2, 0.25) is 5.91 Å². The molecule has 1 aliphatic heterocycles. The molecule has 0 aromatic carbocycles. The van der Waals surface area contributed by atoms with Crippen LogP contribution in [-0.2, 0) is 14.3 Å². The smallest absolute Gasteiger partial charge is 0.220 e. The summed E-state index contributed by atoms with van der Waals surface area (Å²) < 4.78 is 10.5. The minimum Gasteiger partial charge on any atom is -0.394 e. The molecule has 0 aromatic rings. The van der Waals surface area contributed by atoms with Crippen molar-refractivity contribution in [2.45, 2.75) is 69.5 Å². The number of hydrogen-bond donors (Lipinski definition) is 6. The van der Waals surface area contributed by atoms with Gasteiger partial charge in [0.25, 0.3) is 0 Å². The summed E-state index contributed by atoms with van der Waals surface area (Å²) in [7, 11) is 0. The van der Waals surface area contributed by atoms with Crippen molar-refractivity contribution in [3.63, 3.8) is 0 Å². The highest BCUT2D eigenvalue weighted by molar-refractivity contribution is 5.75. The standard InChI is InChI=1S/C14H27NO8/c1-3-8(17)7(15-10(18)4-2)6-22-14-13(21)12(20)11(19)9(5-16)23-14/h7-9,11-14,16-17,19-21H,3-6H2,1-2H3,(H,15,18)/t7-,8+,9?,11-,12-,13?,14-/m0/s1. The molecule has 9 nitrogen and oxygen atoms in total. The molecule has 1 amide bonds. The van der Waals surface area contributed by atoms with Gasteiger partial charge in [0.05, 0.1) is 25.4 Å². The summed E-state index contributed by atoms with van der Waals surface area (Å²) in [6, 6.07) is -0.709. The summed E-state index contributed by atoms with van der Waals surface area (Å²) in [4.78, 5) is 11.5. The molecule has 1 aliphatic rings. The highest BCUT2D eigenvalue weighted by Gasteiger charge is 2.44. The van der Waals surface area contributed by atoms with Gasteiger partial charge in [-0.15, -0.1) is 0 Å². The number of rotatable bonds is 8. The lowest BCUT2D eigenvalue weighted by molar-refractivity contribution is -0.302. The maximum Gasteiger partial charge on any atom is 0.220 e. The normalized spacial score (nSPS) is 34.0. The zero-order valence-corrected chi connectivity index (χ0v) is 13.3. The van der Waals surface area contributed by atoms with Crippen LogP contribution in [0.5, 0.6) is 0 Å². The van der Waals surface area contributed by atoms with E-state index in [0.29, 0.717) is 6.42 Å². The fourth-order valence-corrected chi connectivity index (χ4v) is 2.25. The molecular weight excluding hydrogens is 310 g/mol. The van der Waals surface area contributed by atoms with E-state index in [1.165, 1.54) is 0 Å². The van der Waals surface area contributed by atoms with Crippen molar-refractivity contribution < 1.29 is 39.8 Å². The summed E-state index contributed by atoms with van der Waals surface area (Å²) in [6.45, 7) is 2.69. The maximum atomic E-state index is 11.5. The quantitative estimate of drug-likeness (QED) is 0.284. The van der Waals surface area contributed by atoms with E-state index in [2.05, 4.69) is 5.32 Å². The van der Waals surface area contributed by atoms with Crippen LogP contribution >= 0.6 is 0 Å². The third-order valence-corrected chi connectivity index (χ3v) is 3.84. The Kier molecular flexibility index (Phi) is 8.34. The van der Waals surface area contributed by atoms with Gasteiger partial charge in [-0.3, -0.25) is 4.79 Å². The second-order valence-electron chi connectivity index (χ2n) is 5.53. The number of aliphatic hydroxyl groups excluding tert-OH is 5. The van der Waals surface area contributed by atoms with Crippen molar-refractivity contribution in [3.8, 4) is 0 Å². The van der Waals surface area contributed by atoms with Crippen LogP contribution in [0.3, 0.4) is 0 Å². The zero-order chi connectivity index (χ0) is 17.6. The molecule has 0 bridgehead atoms. The highest BCUT2D eigenvalue weighted by Crippen LogP contribution is 2.22. The summed E-state index contributed by atoms with van der Waals surface area (Å²) in [5, 5.41) is 50.9. The van der Waals surface area contributed by atoms with Crippen LogP contribution in [0.15, 0.2) is 0 Å². The molecule has 23 heavy (non-hydrogen) atoms. The lowest BCUT2D eigenvalue weighted by Crippen LogP contribution is -2.60. The molecule has 6 N–H and O–H groups in total. The van der Waals surface area contributed by atoms with Crippen molar-refractivity contribution in [1.82, 2.24) is 5.32 Å². The molecule has 1 rings (SSSR count). The van der Waals surface area contributed by atoms with Crippen molar-refractivity contribution in [3.05, 3.63) is 0 Å². The van der Waals surface area contributed by atoms with Gasteiger partial charge in [0, 0.05) is 6.42 Å². The van der Waals surface area contributed by atoms with Crippen molar-refractivity contribution >= 4 is 5.91 Å². The van der Waals surface area contributed by atoms with Crippen LogP contribution in [0.1, 0.15) is 26.7 Å². The summed E-state index contributed by atoms with van der Waals surface area (Å²) >= 11 is 0. The molecule has 0 aliphatic carbocycles. The van der Waals surface area contributed by atoms with Crippen LogP contribution in [-0.4, -0.2) is 87.5 Å². The predicted molar refractivity (Wildman–Crippen MR) is 78.2 cm³/mol. The van der Waals surface area contributed by atoms with Gasteiger partial charge < -0.3 is 40.3 Å². The Balaban J connectivity index is 2.66. The van der Waals surface area contributed by atoms with Crippen molar-refractivity contribution in [2.75, 3.05) is 13.2 Å². The van der Waals surface area contributed by atoms with Crippen LogP contribution in [0.4, 0.5) is 0 Å². The van der Waals surface area contributed by atoms with Gasteiger partial charge in [-0.1, -0.05) is 13.8 Å². The van der Waals surface area contributed by atoms with Gasteiger partial charge in [0.15, 0.2) is 6.29 Å². The first-order valence-electron chi connectivity index (χ1n) is 7.75. The highest BCUT2D eigenvalue weighted by atomic mass is 16.7. The number of carbonyl (C=O) groups excluding carboxylic acids is 1. The monoisotopic (exact) mass is 337 g/mol. The molecule has 0 spiro atoms. The number of ether oxygens (including phenoxy) is 2. The lowest BCUT2D eigenvalue weighted by atomic mass is 9.99. The van der Waals surface area contributed by atoms with E-state index in [0.717, 1.165) is 0 Å². The molecule has 1 saturated heterocycles. The van der Waals surface area contributed by atoms with Crippen LogP contribution in [0, 0.1) is 0 Å². The summed E-state index contributed by atoms with van der Waals surface area (Å²) in [6.07, 6.45) is -7.12. The average Bonchev–Trinajstić information content (AvgIpc) is 2.56. The summed E-state index contributed by atoms with van der Waals surface area (Å²) in [5.74, 6) is -0.264. The largest absolute Gasteiger partial charge is 0.394 e. The Hall–Kier alpha value is -0.810. The van der Waals surface area contributed by atoms with E-state index in [4.69, 9.17) is 14.6 Å². The molecule has 1 heterocycles. The van der Waals surface area contributed by atoms with Crippen molar-refractivity contribution in [2.24, 2.45) is 0 Å². The van der Waals surface area contributed by atoms with Gasteiger partial charge in [0.1, 0.15) is 24.4 Å². The number of nitrogens with one attached hydrogen (secondary N) is 1. The van der Waals surface area contributed by atoms with E-state index in [1.807, 2.05) is 0 Å². The number of amides is 1. The average molecular weight is 337 g/mol. The maximum absolute atomic E-state index is 11.5. The molecule has 0 saturated carbocycles. The van der Waals surface area contributed by atoms with E-state index >= 15 is 0 Å². The molecule has 136 valence electrons. The molecule has 0 aromatic heterocycles. The lowest BCUT2D eigenvalue weighted by Gasteiger charge is -2.40. The van der Waals surface area contributed by atoms with Crippen LogP contribution in [0.25, 0.3) is 0 Å². The third-order valence-electron chi connectivity index (χ3n) is 3.84. The molecular formula is C14H27NO8. The number of hydrogen-bond acceptors (Lipinski definition) is 8. The third kappa shape index (κ3) is 5.35. The van der Waals surface area contributed by atoms with Crippen LogP contribution in [0.2, 0.25) is 0 Å². The second-order valence-corrected chi connectivity index (χ2v) is 5.53. The Bertz CT molecular complexity index is 367. The van der Waals surface area contributed by atoms with E-state index in [-0.39, 0.29) is 18.9 Å². The number of aliphatic hydroxyl groups is 5. The van der Waals surface area contributed by atoms with Gasteiger partial charge in [-0.2, -0.15) is 0 Å². The van der Waals surface area contributed by atoms with Gasteiger partial charge in [-0.25, -0.2) is 0 Å².